The summed E-state index contributed by atoms with van der Waals surface area (Å²) in [5, 5.41) is 7.60. The molecule has 7 heavy (non-hydrogen) atoms. The maximum absolute atomic E-state index is 9.25. The van der Waals surface area contributed by atoms with Gasteiger partial charge in [-0.2, -0.15) is 0 Å². The van der Waals surface area contributed by atoms with E-state index >= 15 is 0 Å². The van der Waals surface area contributed by atoms with Crippen LogP contribution in [0.3, 0.4) is 0 Å². The van der Waals surface area contributed by atoms with Crippen molar-refractivity contribution in [3.8, 4) is 0 Å². The summed E-state index contributed by atoms with van der Waals surface area (Å²) < 4.78 is 8.75. The van der Waals surface area contributed by atoms with Crippen molar-refractivity contribution in [1.29, 1.82) is 0 Å². The standard InChI is InChI=1S/C3H4O2.CF/c1-2-3(4)5;1-2/h2H,1H2,(H,4,5);. The van der Waals surface area contributed by atoms with Crippen molar-refractivity contribution in [2.45, 2.75) is 0 Å². The second-order valence-corrected chi connectivity index (χ2v) is 0.542. The molecule has 0 aliphatic carbocycles. The maximum Gasteiger partial charge on any atom is 0.327 e. The Kier molecular flexibility index (Phi) is 12.1. The van der Waals surface area contributed by atoms with E-state index in [1.165, 1.54) is 0 Å². The second-order valence-electron chi connectivity index (χ2n) is 0.542. The van der Waals surface area contributed by atoms with E-state index in [1.54, 1.807) is 0 Å². The van der Waals surface area contributed by atoms with Crippen molar-refractivity contribution in [3.63, 3.8) is 0 Å². The minimum absolute atomic E-state index is 0.833. The van der Waals surface area contributed by atoms with E-state index in [9.17, 15) is 4.79 Å². The Hall–Kier alpha value is -0.860. The minimum Gasteiger partial charge on any atom is -0.478 e. The largest absolute Gasteiger partial charge is 0.478 e. The van der Waals surface area contributed by atoms with Gasteiger partial charge >= 0.3 is 5.97 Å². The lowest BCUT2D eigenvalue weighted by atomic mass is 10.7. The molecule has 3 radical (unpaired) electrons. The van der Waals surface area contributed by atoms with Crippen molar-refractivity contribution < 1.29 is 14.3 Å². The van der Waals surface area contributed by atoms with Gasteiger partial charge in [0.1, 0.15) is 0 Å². The third-order valence-corrected chi connectivity index (χ3v) is 0.175. The number of carbonyl (C=O) groups is 1. The lowest BCUT2D eigenvalue weighted by Crippen LogP contribution is -1.82. The Labute approximate surface area is 41.3 Å². The normalized spacial score (nSPS) is 5.43. The zero-order valence-electron chi connectivity index (χ0n) is 3.52. The molecule has 0 fully saturated rings. The Bertz CT molecular complexity index is 60.7. The molecule has 0 unspecified atom stereocenters. The van der Waals surface area contributed by atoms with Gasteiger partial charge in [0.25, 0.3) is 0 Å². The Morgan fingerprint density at radius 2 is 2.00 bits per heavy atom. The van der Waals surface area contributed by atoms with Gasteiger partial charge in [0.05, 0.1) is 0 Å². The van der Waals surface area contributed by atoms with Crippen molar-refractivity contribution in [2.75, 3.05) is 0 Å². The first-order valence-corrected chi connectivity index (χ1v) is 1.31. The maximum atomic E-state index is 9.25. The Morgan fingerprint density at radius 3 is 2.00 bits per heavy atom. The van der Waals surface area contributed by atoms with E-state index in [0.29, 0.717) is 0 Å². The van der Waals surface area contributed by atoms with E-state index in [2.05, 4.69) is 13.8 Å². The van der Waals surface area contributed by atoms with Gasteiger partial charge in [0.2, 0.25) is 7.18 Å². The fourth-order valence-electron chi connectivity index (χ4n) is 0. The minimum atomic E-state index is -0.981. The summed E-state index contributed by atoms with van der Waals surface area (Å²) in [7, 11) is 4.25. The molecule has 0 rings (SSSR count). The lowest BCUT2D eigenvalue weighted by Gasteiger charge is -1.64. The van der Waals surface area contributed by atoms with Crippen LogP contribution >= 0.6 is 0 Å². The van der Waals surface area contributed by atoms with Gasteiger partial charge in [-0.3, -0.25) is 0 Å². The van der Waals surface area contributed by atoms with Crippen LogP contribution in [0.1, 0.15) is 0 Å². The van der Waals surface area contributed by atoms with Crippen molar-refractivity contribution >= 4 is 5.97 Å². The smallest absolute Gasteiger partial charge is 0.327 e. The topological polar surface area (TPSA) is 37.3 Å². The zero-order chi connectivity index (χ0) is 6.28. The molecule has 0 heterocycles. The zero-order valence-corrected chi connectivity index (χ0v) is 3.52. The summed E-state index contributed by atoms with van der Waals surface area (Å²) in [5.41, 5.74) is 0. The lowest BCUT2D eigenvalue weighted by molar-refractivity contribution is -0.131. The molecule has 0 bridgehead atoms. The van der Waals surface area contributed by atoms with Gasteiger partial charge in [0, 0.05) is 6.08 Å². The number of hydrogen-bond acceptors (Lipinski definition) is 1. The average Bonchev–Trinajstić information content (AvgIpc) is 1.73. The first kappa shape index (κ1) is 9.46. The third kappa shape index (κ3) is 39.0. The fourth-order valence-corrected chi connectivity index (χ4v) is 0. The van der Waals surface area contributed by atoms with Crippen molar-refractivity contribution in [1.82, 2.24) is 0 Å². The van der Waals surface area contributed by atoms with Crippen LogP contribution in [0.15, 0.2) is 12.7 Å². The highest BCUT2D eigenvalue weighted by Crippen LogP contribution is 1.54. The van der Waals surface area contributed by atoms with E-state index in [0.717, 1.165) is 6.08 Å². The predicted molar refractivity (Wildman–Crippen MR) is 22.2 cm³/mol. The van der Waals surface area contributed by atoms with Crippen LogP contribution in [-0.2, 0) is 4.79 Å². The molecule has 0 spiro atoms. The fraction of sp³-hybridized carbons (Fsp3) is 0. The van der Waals surface area contributed by atoms with Crippen LogP contribution in [0.4, 0.5) is 4.39 Å². The quantitative estimate of drug-likeness (QED) is 0.497. The highest BCUT2D eigenvalue weighted by atomic mass is 19.1. The van der Waals surface area contributed by atoms with E-state index in [-0.39, 0.29) is 0 Å². The monoisotopic (exact) mass is 103 g/mol. The molecule has 0 amide bonds. The van der Waals surface area contributed by atoms with Crippen LogP contribution in [-0.4, -0.2) is 11.1 Å². The molecule has 0 aliphatic rings. The molecule has 0 saturated carbocycles. The SMILES string of the molecule is C=CC(=O)O.[C]F. The summed E-state index contributed by atoms with van der Waals surface area (Å²) in [6.45, 7) is 2.96. The van der Waals surface area contributed by atoms with Crippen LogP contribution in [0, 0.1) is 7.18 Å². The molecule has 0 aromatic rings. The summed E-state index contributed by atoms with van der Waals surface area (Å²) >= 11 is 0. The van der Waals surface area contributed by atoms with Crippen LogP contribution < -0.4 is 0 Å². The Morgan fingerprint density at radius 1 is 1.86 bits per heavy atom. The molecule has 2 nitrogen and oxygen atoms in total. The molecule has 3 heteroatoms. The second kappa shape index (κ2) is 8.94. The molecule has 0 atom stereocenters. The van der Waals surface area contributed by atoms with Crippen molar-refractivity contribution in [2.24, 2.45) is 0 Å². The van der Waals surface area contributed by atoms with Crippen molar-refractivity contribution in [3.05, 3.63) is 19.8 Å². The summed E-state index contributed by atoms with van der Waals surface area (Å²) in [4.78, 5) is 9.25. The molecule has 0 aliphatic heterocycles. The van der Waals surface area contributed by atoms with Gasteiger partial charge in [-0.25, -0.2) is 9.18 Å². The molecule has 1 N–H and O–H groups in total. The number of hydrogen-bond donors (Lipinski definition) is 1. The van der Waals surface area contributed by atoms with Gasteiger partial charge < -0.3 is 5.11 Å². The molecule has 0 aromatic carbocycles. The molecule has 0 saturated heterocycles. The van der Waals surface area contributed by atoms with Gasteiger partial charge in [-0.05, 0) is 0 Å². The first-order valence-electron chi connectivity index (χ1n) is 1.31. The number of halogens is 1. The number of carboxylic acid groups (broad SMARTS) is 1. The van der Waals surface area contributed by atoms with Gasteiger partial charge in [-0.15, -0.1) is 0 Å². The summed E-state index contributed by atoms with van der Waals surface area (Å²) in [6.07, 6.45) is 0.833. The van der Waals surface area contributed by atoms with E-state index in [4.69, 9.17) is 9.50 Å². The molecule has 0 aromatic heterocycles. The highest BCUT2D eigenvalue weighted by molar-refractivity contribution is 5.78. The van der Waals surface area contributed by atoms with E-state index < -0.39 is 5.97 Å². The highest BCUT2D eigenvalue weighted by Gasteiger charge is 1.73. The average molecular weight is 103 g/mol. The van der Waals surface area contributed by atoms with Crippen LogP contribution in [0.25, 0.3) is 0 Å². The Balaban J connectivity index is 0. The summed E-state index contributed by atoms with van der Waals surface area (Å²) in [6, 6.07) is 0. The van der Waals surface area contributed by atoms with Crippen LogP contribution in [0.2, 0.25) is 0 Å². The summed E-state index contributed by atoms with van der Waals surface area (Å²) in [5.74, 6) is -0.981. The molecule has 39 valence electrons. The molecular weight excluding hydrogens is 99.0 g/mol. The third-order valence-electron chi connectivity index (χ3n) is 0.175. The molecular formula is C4H4FO2. The van der Waals surface area contributed by atoms with Gasteiger partial charge in [-0.1, -0.05) is 6.58 Å². The van der Waals surface area contributed by atoms with Crippen LogP contribution in [0.5, 0.6) is 0 Å². The number of aliphatic carboxylic acids is 1. The predicted octanol–water partition coefficient (Wildman–Crippen LogP) is 0.758. The number of carboxylic acids is 1. The van der Waals surface area contributed by atoms with Gasteiger partial charge in [0.15, 0.2) is 0 Å². The van der Waals surface area contributed by atoms with E-state index in [1.807, 2.05) is 0 Å². The number of rotatable bonds is 1. The first-order chi connectivity index (χ1) is 3.27.